The van der Waals surface area contributed by atoms with Crippen LogP contribution >= 0.6 is 0 Å². The largest absolute Gasteiger partial charge is 0.490 e. The summed E-state index contributed by atoms with van der Waals surface area (Å²) < 4.78 is 10.5. The highest BCUT2D eigenvalue weighted by Gasteiger charge is 2.27. The summed E-state index contributed by atoms with van der Waals surface area (Å²) in [6, 6.07) is 11.9. The molecule has 0 amide bonds. The van der Waals surface area contributed by atoms with Crippen molar-refractivity contribution in [1.82, 2.24) is 0 Å². The molecule has 3 rings (SSSR count). The SMILES string of the molecule is COc1ccc(C(=O)OC2CCc3ccccc32)cc1[N+](=O)[O-]. The lowest BCUT2D eigenvalue weighted by Gasteiger charge is -2.13. The minimum absolute atomic E-state index is 0.109. The number of ether oxygens (including phenoxy) is 2. The van der Waals surface area contributed by atoms with Crippen LogP contribution in [-0.4, -0.2) is 18.0 Å². The Bertz CT molecular complexity index is 771. The fourth-order valence-corrected chi connectivity index (χ4v) is 2.80. The molecule has 0 bridgehead atoms. The van der Waals surface area contributed by atoms with Crippen molar-refractivity contribution >= 4 is 11.7 Å². The van der Waals surface area contributed by atoms with Crippen LogP contribution in [-0.2, 0) is 11.2 Å². The molecule has 0 heterocycles. The third-order valence-electron chi connectivity index (χ3n) is 3.94. The third kappa shape index (κ3) is 2.88. The average molecular weight is 313 g/mol. The van der Waals surface area contributed by atoms with Gasteiger partial charge in [-0.3, -0.25) is 10.1 Å². The molecule has 2 aromatic rings. The van der Waals surface area contributed by atoms with Gasteiger partial charge in [0.05, 0.1) is 17.6 Å². The van der Waals surface area contributed by atoms with Gasteiger partial charge in [0.1, 0.15) is 6.10 Å². The molecular weight excluding hydrogens is 298 g/mol. The molecule has 1 aliphatic carbocycles. The number of nitro groups is 1. The highest BCUT2D eigenvalue weighted by Crippen LogP contribution is 2.35. The molecule has 0 aromatic heterocycles. The van der Waals surface area contributed by atoms with Crippen molar-refractivity contribution in [2.45, 2.75) is 18.9 Å². The summed E-state index contributed by atoms with van der Waals surface area (Å²) >= 11 is 0. The second-order valence-electron chi connectivity index (χ2n) is 5.28. The van der Waals surface area contributed by atoms with Crippen LogP contribution in [0, 0.1) is 10.1 Å². The fraction of sp³-hybridized carbons (Fsp3) is 0.235. The van der Waals surface area contributed by atoms with E-state index < -0.39 is 10.9 Å². The van der Waals surface area contributed by atoms with E-state index in [-0.39, 0.29) is 23.1 Å². The molecule has 118 valence electrons. The van der Waals surface area contributed by atoms with Gasteiger partial charge in [-0.15, -0.1) is 0 Å². The van der Waals surface area contributed by atoms with Crippen LogP contribution in [0.4, 0.5) is 5.69 Å². The number of aryl methyl sites for hydroxylation is 1. The van der Waals surface area contributed by atoms with Gasteiger partial charge in [-0.2, -0.15) is 0 Å². The molecule has 23 heavy (non-hydrogen) atoms. The Labute approximate surface area is 132 Å². The van der Waals surface area contributed by atoms with E-state index in [2.05, 4.69) is 0 Å². The number of rotatable bonds is 4. The molecule has 1 aliphatic rings. The second kappa shape index (κ2) is 6.08. The monoisotopic (exact) mass is 313 g/mol. The zero-order valence-corrected chi connectivity index (χ0v) is 12.5. The third-order valence-corrected chi connectivity index (χ3v) is 3.94. The lowest BCUT2D eigenvalue weighted by atomic mass is 10.1. The van der Waals surface area contributed by atoms with Crippen molar-refractivity contribution in [2.75, 3.05) is 7.11 Å². The summed E-state index contributed by atoms with van der Waals surface area (Å²) in [6.07, 6.45) is 1.28. The summed E-state index contributed by atoms with van der Waals surface area (Å²) in [5, 5.41) is 11.0. The van der Waals surface area contributed by atoms with E-state index in [1.807, 2.05) is 24.3 Å². The van der Waals surface area contributed by atoms with Gasteiger partial charge in [0, 0.05) is 6.07 Å². The zero-order chi connectivity index (χ0) is 16.4. The second-order valence-corrected chi connectivity index (χ2v) is 5.28. The van der Waals surface area contributed by atoms with Gasteiger partial charge in [0.25, 0.3) is 0 Å². The predicted octanol–water partition coefficient (Wildman–Crippen LogP) is 3.45. The molecule has 0 spiro atoms. The molecular formula is C17H15NO5. The summed E-state index contributed by atoms with van der Waals surface area (Å²) in [5.74, 6) is -0.463. The number of esters is 1. The van der Waals surface area contributed by atoms with Gasteiger partial charge < -0.3 is 9.47 Å². The van der Waals surface area contributed by atoms with Crippen molar-refractivity contribution in [3.05, 3.63) is 69.3 Å². The molecule has 0 saturated heterocycles. The van der Waals surface area contributed by atoms with Crippen molar-refractivity contribution < 1.29 is 19.2 Å². The van der Waals surface area contributed by atoms with Gasteiger partial charge in [0.2, 0.25) is 0 Å². The highest BCUT2D eigenvalue weighted by atomic mass is 16.6. The first-order valence-electron chi connectivity index (χ1n) is 7.21. The van der Waals surface area contributed by atoms with E-state index in [4.69, 9.17) is 9.47 Å². The van der Waals surface area contributed by atoms with Crippen molar-refractivity contribution in [3.63, 3.8) is 0 Å². The molecule has 1 unspecified atom stereocenters. The predicted molar refractivity (Wildman–Crippen MR) is 82.6 cm³/mol. The molecule has 6 nitrogen and oxygen atoms in total. The number of carbonyl (C=O) groups excluding carboxylic acids is 1. The van der Waals surface area contributed by atoms with Crippen LogP contribution in [0.25, 0.3) is 0 Å². The van der Waals surface area contributed by atoms with Gasteiger partial charge in [-0.1, -0.05) is 24.3 Å². The maximum absolute atomic E-state index is 12.3. The molecule has 6 heteroatoms. The fourth-order valence-electron chi connectivity index (χ4n) is 2.80. The van der Waals surface area contributed by atoms with Crippen LogP contribution in [0.1, 0.15) is 34.0 Å². The molecule has 0 aliphatic heterocycles. The topological polar surface area (TPSA) is 78.7 Å². The van der Waals surface area contributed by atoms with E-state index >= 15 is 0 Å². The summed E-state index contributed by atoms with van der Waals surface area (Å²) in [4.78, 5) is 22.8. The van der Waals surface area contributed by atoms with Crippen molar-refractivity contribution in [1.29, 1.82) is 0 Å². The van der Waals surface area contributed by atoms with E-state index in [0.717, 1.165) is 18.4 Å². The molecule has 0 radical (unpaired) electrons. The van der Waals surface area contributed by atoms with E-state index in [0.29, 0.717) is 0 Å². The molecule has 1 atom stereocenters. The first-order valence-corrected chi connectivity index (χ1v) is 7.21. The quantitative estimate of drug-likeness (QED) is 0.491. The Morgan fingerprint density at radius 3 is 2.78 bits per heavy atom. The number of nitro benzene ring substituents is 1. The van der Waals surface area contributed by atoms with Gasteiger partial charge >= 0.3 is 11.7 Å². The zero-order valence-electron chi connectivity index (χ0n) is 12.5. The van der Waals surface area contributed by atoms with Crippen LogP contribution < -0.4 is 4.74 Å². The minimum Gasteiger partial charge on any atom is -0.490 e. The number of carbonyl (C=O) groups is 1. The lowest BCUT2D eigenvalue weighted by Crippen LogP contribution is -2.10. The normalized spacial score (nSPS) is 15.8. The molecule has 0 saturated carbocycles. The van der Waals surface area contributed by atoms with Gasteiger partial charge in [-0.05, 0) is 36.1 Å². The number of methoxy groups -OCH3 is 1. The summed E-state index contributed by atoms with van der Waals surface area (Å²) in [5.41, 5.74) is 2.06. The summed E-state index contributed by atoms with van der Waals surface area (Å²) in [7, 11) is 1.34. The van der Waals surface area contributed by atoms with Crippen LogP contribution in [0.3, 0.4) is 0 Å². The Morgan fingerprint density at radius 2 is 2.04 bits per heavy atom. The van der Waals surface area contributed by atoms with Crippen LogP contribution in [0.15, 0.2) is 42.5 Å². The van der Waals surface area contributed by atoms with E-state index in [9.17, 15) is 14.9 Å². The van der Waals surface area contributed by atoms with Crippen LogP contribution in [0.2, 0.25) is 0 Å². The highest BCUT2D eigenvalue weighted by molar-refractivity contribution is 5.90. The smallest absolute Gasteiger partial charge is 0.338 e. The Balaban J connectivity index is 1.82. The maximum Gasteiger partial charge on any atom is 0.338 e. The van der Waals surface area contributed by atoms with Gasteiger partial charge in [-0.25, -0.2) is 4.79 Å². The van der Waals surface area contributed by atoms with Crippen molar-refractivity contribution in [3.8, 4) is 5.75 Å². The van der Waals surface area contributed by atoms with Crippen LogP contribution in [0.5, 0.6) is 5.75 Å². The number of nitrogens with zero attached hydrogens (tertiary/aromatic N) is 1. The number of hydrogen-bond acceptors (Lipinski definition) is 5. The minimum atomic E-state index is -0.583. The number of fused-ring (bicyclic) bond motifs is 1. The Morgan fingerprint density at radius 1 is 1.26 bits per heavy atom. The molecule has 0 N–H and O–H groups in total. The Kier molecular flexibility index (Phi) is 3.97. The number of benzene rings is 2. The first kappa shape index (κ1) is 15.0. The van der Waals surface area contributed by atoms with Crippen molar-refractivity contribution in [2.24, 2.45) is 0 Å². The summed E-state index contributed by atoms with van der Waals surface area (Å²) in [6.45, 7) is 0. The lowest BCUT2D eigenvalue weighted by molar-refractivity contribution is -0.385. The first-order chi connectivity index (χ1) is 11.1. The molecule has 0 fully saturated rings. The van der Waals surface area contributed by atoms with Gasteiger partial charge in [0.15, 0.2) is 5.75 Å². The number of hydrogen-bond donors (Lipinski definition) is 0. The van der Waals surface area contributed by atoms with E-state index in [1.54, 1.807) is 0 Å². The standard InChI is InChI=1S/C17H15NO5/c1-22-16-9-7-12(10-14(16)18(20)21)17(19)23-15-8-6-11-4-2-3-5-13(11)15/h2-5,7,9-10,15H,6,8H2,1H3. The molecule has 2 aromatic carbocycles. The Hall–Kier alpha value is -2.89. The average Bonchev–Trinajstić information content (AvgIpc) is 2.97. The van der Waals surface area contributed by atoms with E-state index in [1.165, 1.54) is 30.9 Å². The maximum atomic E-state index is 12.3.